The molecule has 2 heterocycles. The summed E-state index contributed by atoms with van der Waals surface area (Å²) >= 11 is 0. The van der Waals surface area contributed by atoms with Gasteiger partial charge in [-0.1, -0.05) is 42.5 Å². The number of likely N-dealkylation sites (tertiary alicyclic amines) is 1. The quantitative estimate of drug-likeness (QED) is 0.694. The number of aromatic nitrogens is 2. The standard InChI is InChI=1S/C22H24N4O2/c27-20(15-16-7-2-1-3-8-16)23-13-12-21(28)26-14-6-11-19(26)22-24-17-9-4-5-10-18(17)25-22/h1-5,7-10,19H,6,11-15H2,(H,23,27)(H,24,25). The van der Waals surface area contributed by atoms with Crippen molar-refractivity contribution < 1.29 is 9.59 Å². The number of carbonyl (C=O) groups excluding carboxylic acids is 2. The van der Waals surface area contributed by atoms with Crippen molar-refractivity contribution in [2.24, 2.45) is 0 Å². The van der Waals surface area contributed by atoms with Crippen LogP contribution in [0.1, 0.15) is 36.7 Å². The maximum atomic E-state index is 12.7. The monoisotopic (exact) mass is 376 g/mol. The highest BCUT2D eigenvalue weighted by atomic mass is 16.2. The highest BCUT2D eigenvalue weighted by molar-refractivity contribution is 5.81. The zero-order chi connectivity index (χ0) is 19.3. The number of para-hydroxylation sites is 2. The van der Waals surface area contributed by atoms with E-state index in [9.17, 15) is 9.59 Å². The number of benzene rings is 2. The average Bonchev–Trinajstić information content (AvgIpc) is 3.35. The molecule has 4 rings (SSSR count). The molecule has 1 unspecified atom stereocenters. The molecule has 3 aromatic rings. The minimum Gasteiger partial charge on any atom is -0.355 e. The number of amides is 2. The summed E-state index contributed by atoms with van der Waals surface area (Å²) in [6.45, 7) is 1.09. The fourth-order valence-electron chi connectivity index (χ4n) is 3.78. The molecule has 1 fully saturated rings. The highest BCUT2D eigenvalue weighted by Crippen LogP contribution is 2.31. The number of rotatable bonds is 6. The van der Waals surface area contributed by atoms with Gasteiger partial charge in [0.15, 0.2) is 0 Å². The normalized spacial score (nSPS) is 16.4. The van der Waals surface area contributed by atoms with Gasteiger partial charge in [0.1, 0.15) is 5.82 Å². The Hall–Kier alpha value is -3.15. The van der Waals surface area contributed by atoms with Crippen molar-refractivity contribution in [1.29, 1.82) is 0 Å². The number of hydrogen-bond acceptors (Lipinski definition) is 3. The lowest BCUT2D eigenvalue weighted by atomic mass is 10.1. The molecule has 2 N–H and O–H groups in total. The Morgan fingerprint density at radius 3 is 2.71 bits per heavy atom. The number of imidazole rings is 1. The highest BCUT2D eigenvalue weighted by Gasteiger charge is 2.31. The number of carbonyl (C=O) groups is 2. The molecule has 28 heavy (non-hydrogen) atoms. The second-order valence-corrected chi connectivity index (χ2v) is 7.15. The summed E-state index contributed by atoms with van der Waals surface area (Å²) in [4.78, 5) is 34.7. The molecular weight excluding hydrogens is 352 g/mol. The topological polar surface area (TPSA) is 78.1 Å². The third-order valence-electron chi connectivity index (χ3n) is 5.17. The summed E-state index contributed by atoms with van der Waals surface area (Å²) in [5.41, 5.74) is 2.88. The van der Waals surface area contributed by atoms with Gasteiger partial charge in [-0.25, -0.2) is 4.98 Å². The Labute approximate surface area is 164 Å². The van der Waals surface area contributed by atoms with E-state index < -0.39 is 0 Å². The zero-order valence-electron chi connectivity index (χ0n) is 15.7. The summed E-state index contributed by atoms with van der Waals surface area (Å²) < 4.78 is 0. The lowest BCUT2D eigenvalue weighted by molar-refractivity contribution is -0.132. The first-order chi connectivity index (χ1) is 13.7. The molecule has 1 saturated heterocycles. The van der Waals surface area contributed by atoms with Gasteiger partial charge >= 0.3 is 0 Å². The van der Waals surface area contributed by atoms with Crippen molar-refractivity contribution in [1.82, 2.24) is 20.2 Å². The third kappa shape index (κ3) is 4.06. The minimum atomic E-state index is -0.0609. The molecule has 1 aromatic heterocycles. The van der Waals surface area contributed by atoms with Crippen LogP contribution in [0.2, 0.25) is 0 Å². The van der Waals surface area contributed by atoms with Gasteiger partial charge in [0.25, 0.3) is 0 Å². The van der Waals surface area contributed by atoms with E-state index in [1.807, 2.05) is 59.5 Å². The van der Waals surface area contributed by atoms with Crippen molar-refractivity contribution in [3.05, 3.63) is 66.0 Å². The van der Waals surface area contributed by atoms with E-state index in [4.69, 9.17) is 0 Å². The molecule has 0 radical (unpaired) electrons. The molecular formula is C22H24N4O2. The molecule has 144 valence electrons. The summed E-state index contributed by atoms with van der Waals surface area (Å²) in [7, 11) is 0. The predicted molar refractivity (Wildman–Crippen MR) is 108 cm³/mol. The molecule has 1 aliphatic heterocycles. The third-order valence-corrected chi connectivity index (χ3v) is 5.17. The molecule has 2 aromatic carbocycles. The van der Waals surface area contributed by atoms with Crippen molar-refractivity contribution in [2.75, 3.05) is 13.1 Å². The second kappa shape index (κ2) is 8.25. The lowest BCUT2D eigenvalue weighted by Crippen LogP contribution is -2.35. The van der Waals surface area contributed by atoms with E-state index in [0.717, 1.165) is 41.8 Å². The SMILES string of the molecule is O=C(Cc1ccccc1)NCCC(=O)N1CCCC1c1nc2ccccc2[nH]1. The Bertz CT molecular complexity index is 934. The molecule has 2 amide bonds. The first kappa shape index (κ1) is 18.2. The molecule has 0 saturated carbocycles. The molecule has 0 spiro atoms. The van der Waals surface area contributed by atoms with E-state index in [1.165, 1.54) is 0 Å². The van der Waals surface area contributed by atoms with Crippen LogP contribution in [0.3, 0.4) is 0 Å². The van der Waals surface area contributed by atoms with Crippen LogP contribution in [0, 0.1) is 0 Å². The summed E-state index contributed by atoms with van der Waals surface area (Å²) in [5, 5.41) is 2.85. The second-order valence-electron chi connectivity index (χ2n) is 7.15. The first-order valence-corrected chi connectivity index (χ1v) is 9.75. The Balaban J connectivity index is 1.31. The van der Waals surface area contributed by atoms with E-state index in [0.29, 0.717) is 19.4 Å². The van der Waals surface area contributed by atoms with E-state index in [2.05, 4.69) is 15.3 Å². The van der Waals surface area contributed by atoms with Gasteiger partial charge in [-0.15, -0.1) is 0 Å². The smallest absolute Gasteiger partial charge is 0.224 e. The first-order valence-electron chi connectivity index (χ1n) is 9.75. The summed E-state index contributed by atoms with van der Waals surface area (Å²) in [5.74, 6) is 0.845. The van der Waals surface area contributed by atoms with Crippen LogP contribution in [0.15, 0.2) is 54.6 Å². The predicted octanol–water partition coefficient (Wildman–Crippen LogP) is 2.98. The van der Waals surface area contributed by atoms with Gasteiger partial charge in [-0.2, -0.15) is 0 Å². The molecule has 1 atom stereocenters. The van der Waals surface area contributed by atoms with Crippen molar-refractivity contribution >= 4 is 22.8 Å². The number of H-pyrrole nitrogens is 1. The van der Waals surface area contributed by atoms with E-state index in [-0.39, 0.29) is 17.9 Å². The Morgan fingerprint density at radius 1 is 1.11 bits per heavy atom. The number of nitrogens with zero attached hydrogens (tertiary/aromatic N) is 2. The van der Waals surface area contributed by atoms with Crippen LogP contribution in [0.4, 0.5) is 0 Å². The lowest BCUT2D eigenvalue weighted by Gasteiger charge is -2.23. The molecule has 0 aliphatic carbocycles. The van der Waals surface area contributed by atoms with Gasteiger partial charge in [0.2, 0.25) is 11.8 Å². The molecule has 1 aliphatic rings. The van der Waals surface area contributed by atoms with E-state index in [1.54, 1.807) is 0 Å². The largest absolute Gasteiger partial charge is 0.355 e. The summed E-state index contributed by atoms with van der Waals surface area (Å²) in [6, 6.07) is 17.5. The fraction of sp³-hybridized carbons (Fsp3) is 0.318. The van der Waals surface area contributed by atoms with Crippen molar-refractivity contribution in [3.8, 4) is 0 Å². The van der Waals surface area contributed by atoms with Gasteiger partial charge in [0.05, 0.1) is 23.5 Å². The number of nitrogens with one attached hydrogen (secondary N) is 2. The Morgan fingerprint density at radius 2 is 1.89 bits per heavy atom. The fourth-order valence-corrected chi connectivity index (χ4v) is 3.78. The zero-order valence-corrected chi connectivity index (χ0v) is 15.7. The molecule has 6 nitrogen and oxygen atoms in total. The summed E-state index contributed by atoms with van der Waals surface area (Å²) in [6.07, 6.45) is 2.51. The maximum absolute atomic E-state index is 12.7. The van der Waals surface area contributed by atoms with Gasteiger partial charge in [-0.05, 0) is 30.5 Å². The van der Waals surface area contributed by atoms with Gasteiger partial charge < -0.3 is 15.2 Å². The van der Waals surface area contributed by atoms with Crippen LogP contribution in [0.25, 0.3) is 11.0 Å². The van der Waals surface area contributed by atoms with Crippen LogP contribution < -0.4 is 5.32 Å². The van der Waals surface area contributed by atoms with E-state index >= 15 is 0 Å². The van der Waals surface area contributed by atoms with Crippen LogP contribution >= 0.6 is 0 Å². The van der Waals surface area contributed by atoms with Crippen LogP contribution in [0.5, 0.6) is 0 Å². The number of fused-ring (bicyclic) bond motifs is 1. The Kier molecular flexibility index (Phi) is 5.37. The van der Waals surface area contributed by atoms with Crippen molar-refractivity contribution in [3.63, 3.8) is 0 Å². The van der Waals surface area contributed by atoms with Gasteiger partial charge in [-0.3, -0.25) is 9.59 Å². The minimum absolute atomic E-state index is 0.0140. The number of hydrogen-bond donors (Lipinski definition) is 2. The van der Waals surface area contributed by atoms with Gasteiger partial charge in [0, 0.05) is 19.5 Å². The molecule has 6 heteroatoms. The van der Waals surface area contributed by atoms with Crippen LogP contribution in [-0.2, 0) is 16.0 Å². The average molecular weight is 376 g/mol. The van der Waals surface area contributed by atoms with Crippen LogP contribution in [-0.4, -0.2) is 39.8 Å². The molecule has 0 bridgehead atoms. The number of aromatic amines is 1. The van der Waals surface area contributed by atoms with Crippen molar-refractivity contribution in [2.45, 2.75) is 31.7 Å². The maximum Gasteiger partial charge on any atom is 0.224 e.